The number of phenols is 1. The van der Waals surface area contributed by atoms with Crippen molar-refractivity contribution in [3.05, 3.63) is 64.7 Å². The van der Waals surface area contributed by atoms with Crippen molar-refractivity contribution in [1.82, 2.24) is 0 Å². The van der Waals surface area contributed by atoms with Gasteiger partial charge in [0.1, 0.15) is 5.75 Å². The first kappa shape index (κ1) is 14.1. The molecule has 0 spiro atoms. The monoisotopic (exact) mass is 293 g/mol. The summed E-state index contributed by atoms with van der Waals surface area (Å²) in [5, 5.41) is 12.5. The van der Waals surface area contributed by atoms with Crippen LogP contribution >= 0.6 is 0 Å². The van der Waals surface area contributed by atoms with Gasteiger partial charge in [-0.3, -0.25) is 9.59 Å². The third kappa shape index (κ3) is 2.63. The first-order valence-corrected chi connectivity index (χ1v) is 6.98. The van der Waals surface area contributed by atoms with Crippen LogP contribution in [0, 0.1) is 0 Å². The fourth-order valence-electron chi connectivity index (χ4n) is 2.60. The highest BCUT2D eigenvalue weighted by molar-refractivity contribution is 6.16. The highest BCUT2D eigenvalue weighted by atomic mass is 16.3. The average molecular weight is 293 g/mol. The maximum atomic E-state index is 12.3. The Labute approximate surface area is 128 Å². The quantitative estimate of drug-likeness (QED) is 0.836. The van der Waals surface area contributed by atoms with E-state index in [9.17, 15) is 14.7 Å². The predicted molar refractivity (Wildman–Crippen MR) is 84.9 cm³/mol. The highest BCUT2D eigenvalue weighted by Gasteiger charge is 2.26. The van der Waals surface area contributed by atoms with Gasteiger partial charge in [-0.15, -0.1) is 0 Å². The lowest BCUT2D eigenvalue weighted by atomic mass is 10.1. The number of anilines is 1. The summed E-state index contributed by atoms with van der Waals surface area (Å²) in [4.78, 5) is 23.3. The molecule has 3 rings (SSSR count). The summed E-state index contributed by atoms with van der Waals surface area (Å²) in [6, 6.07) is 12.3. The van der Waals surface area contributed by atoms with E-state index in [0.717, 1.165) is 5.56 Å². The van der Waals surface area contributed by atoms with Gasteiger partial charge in [0.25, 0.3) is 0 Å². The summed E-state index contributed by atoms with van der Waals surface area (Å²) in [6.07, 6.45) is 2.26. The molecule has 110 valence electrons. The second kappa shape index (κ2) is 5.48. The minimum Gasteiger partial charge on any atom is -0.508 e. The Morgan fingerprint density at radius 3 is 2.55 bits per heavy atom. The molecule has 4 heteroatoms. The molecular weight excluding hydrogens is 278 g/mol. The number of phenolic OH excluding ortho intramolecular Hbond substituents is 1. The van der Waals surface area contributed by atoms with Crippen LogP contribution in [0.25, 0.3) is 6.08 Å². The smallest absolute Gasteiger partial charge is 0.221 e. The van der Waals surface area contributed by atoms with Crippen LogP contribution in [-0.4, -0.2) is 16.8 Å². The molecule has 0 aliphatic heterocycles. The maximum absolute atomic E-state index is 12.3. The number of hydrogen-bond donors (Lipinski definition) is 2. The van der Waals surface area contributed by atoms with Gasteiger partial charge < -0.3 is 10.4 Å². The van der Waals surface area contributed by atoms with Crippen LogP contribution in [0.5, 0.6) is 5.75 Å². The number of allylic oxidation sites excluding steroid dienone is 1. The zero-order chi connectivity index (χ0) is 15.7. The molecule has 0 bridgehead atoms. The van der Waals surface area contributed by atoms with Crippen molar-refractivity contribution >= 4 is 23.5 Å². The first-order chi connectivity index (χ1) is 10.5. The molecule has 0 unspecified atom stereocenters. The molecule has 1 amide bonds. The van der Waals surface area contributed by atoms with Gasteiger partial charge in [-0.1, -0.05) is 24.3 Å². The van der Waals surface area contributed by atoms with E-state index in [1.54, 1.807) is 30.3 Å². The number of fused-ring (bicyclic) bond motifs is 1. The summed E-state index contributed by atoms with van der Waals surface area (Å²) in [5.74, 6) is -0.00454. The average Bonchev–Trinajstić information content (AvgIpc) is 2.79. The summed E-state index contributed by atoms with van der Waals surface area (Å²) in [6.45, 7) is 1.46. The molecule has 0 radical (unpaired) electrons. The van der Waals surface area contributed by atoms with Crippen LogP contribution in [0.15, 0.2) is 48.0 Å². The SMILES string of the molecule is CC(=O)Nc1ccc(/C=C2\Cc3c(O)cccc3C2=O)cc1. The zero-order valence-electron chi connectivity index (χ0n) is 12.1. The van der Waals surface area contributed by atoms with Gasteiger partial charge in [0, 0.05) is 35.7 Å². The van der Waals surface area contributed by atoms with Crippen molar-refractivity contribution in [2.75, 3.05) is 5.32 Å². The Bertz CT molecular complexity index is 788. The molecule has 0 fully saturated rings. The lowest BCUT2D eigenvalue weighted by molar-refractivity contribution is -0.114. The standard InChI is InChI=1S/C18H15NO3/c1-11(20)19-14-7-5-12(6-8-14)9-13-10-16-15(18(13)22)3-2-4-17(16)21/h2-9,21H,10H2,1H3,(H,19,20)/b13-9+. The van der Waals surface area contributed by atoms with Crippen molar-refractivity contribution < 1.29 is 14.7 Å². The molecule has 2 aromatic rings. The number of benzene rings is 2. The number of nitrogens with one attached hydrogen (secondary N) is 1. The van der Waals surface area contributed by atoms with Crippen molar-refractivity contribution in [1.29, 1.82) is 0 Å². The lowest BCUT2D eigenvalue weighted by Gasteiger charge is -2.02. The summed E-state index contributed by atoms with van der Waals surface area (Å²) >= 11 is 0. The van der Waals surface area contributed by atoms with E-state index < -0.39 is 0 Å². The third-order valence-electron chi connectivity index (χ3n) is 3.63. The van der Waals surface area contributed by atoms with Crippen LogP contribution in [-0.2, 0) is 11.2 Å². The van der Waals surface area contributed by atoms with Crippen LogP contribution in [0.4, 0.5) is 5.69 Å². The van der Waals surface area contributed by atoms with Gasteiger partial charge in [-0.25, -0.2) is 0 Å². The third-order valence-corrected chi connectivity index (χ3v) is 3.63. The molecule has 2 N–H and O–H groups in total. The van der Waals surface area contributed by atoms with E-state index in [-0.39, 0.29) is 17.4 Å². The summed E-state index contributed by atoms with van der Waals surface area (Å²) in [5.41, 5.74) is 3.51. The Hall–Kier alpha value is -2.88. The lowest BCUT2D eigenvalue weighted by Crippen LogP contribution is -2.05. The number of aromatic hydroxyl groups is 1. The van der Waals surface area contributed by atoms with Gasteiger partial charge in [0.05, 0.1) is 0 Å². The molecule has 0 aromatic heterocycles. The minimum absolute atomic E-state index is 0.0446. The number of ketones is 1. The van der Waals surface area contributed by atoms with E-state index in [2.05, 4.69) is 5.32 Å². The molecule has 0 atom stereocenters. The number of Topliss-reactive ketones (excluding diaryl/α,β-unsaturated/α-hetero) is 1. The first-order valence-electron chi connectivity index (χ1n) is 6.98. The van der Waals surface area contributed by atoms with Gasteiger partial charge in [0.2, 0.25) is 5.91 Å². The molecule has 2 aromatic carbocycles. The Morgan fingerprint density at radius 1 is 1.18 bits per heavy atom. The van der Waals surface area contributed by atoms with E-state index in [1.807, 2.05) is 18.2 Å². The second-order valence-electron chi connectivity index (χ2n) is 5.28. The van der Waals surface area contributed by atoms with Gasteiger partial charge in [-0.2, -0.15) is 0 Å². The van der Waals surface area contributed by atoms with Crippen molar-refractivity contribution in [3.63, 3.8) is 0 Å². The van der Waals surface area contributed by atoms with E-state index in [4.69, 9.17) is 0 Å². The minimum atomic E-state index is -0.122. The Balaban J connectivity index is 1.87. The van der Waals surface area contributed by atoms with E-state index in [0.29, 0.717) is 28.8 Å². The van der Waals surface area contributed by atoms with Crippen LogP contribution in [0.3, 0.4) is 0 Å². The summed E-state index contributed by atoms with van der Waals surface area (Å²) < 4.78 is 0. The van der Waals surface area contributed by atoms with Crippen LogP contribution in [0.2, 0.25) is 0 Å². The summed E-state index contributed by atoms with van der Waals surface area (Å²) in [7, 11) is 0. The van der Waals surface area contributed by atoms with E-state index >= 15 is 0 Å². The number of amides is 1. The molecule has 0 saturated carbocycles. The van der Waals surface area contributed by atoms with Gasteiger partial charge in [-0.05, 0) is 29.8 Å². The van der Waals surface area contributed by atoms with E-state index in [1.165, 1.54) is 6.92 Å². The molecule has 22 heavy (non-hydrogen) atoms. The highest BCUT2D eigenvalue weighted by Crippen LogP contribution is 2.33. The van der Waals surface area contributed by atoms with Crippen molar-refractivity contribution in [2.45, 2.75) is 13.3 Å². The molecule has 1 aliphatic rings. The fourth-order valence-corrected chi connectivity index (χ4v) is 2.60. The zero-order valence-corrected chi connectivity index (χ0v) is 12.1. The molecule has 0 saturated heterocycles. The fraction of sp³-hybridized carbons (Fsp3) is 0.111. The molecule has 1 aliphatic carbocycles. The maximum Gasteiger partial charge on any atom is 0.221 e. The Morgan fingerprint density at radius 2 is 1.91 bits per heavy atom. The number of hydrogen-bond acceptors (Lipinski definition) is 3. The number of carbonyl (C=O) groups is 2. The van der Waals surface area contributed by atoms with Crippen LogP contribution in [0.1, 0.15) is 28.4 Å². The van der Waals surface area contributed by atoms with Gasteiger partial charge >= 0.3 is 0 Å². The van der Waals surface area contributed by atoms with Crippen molar-refractivity contribution in [2.24, 2.45) is 0 Å². The van der Waals surface area contributed by atoms with Crippen molar-refractivity contribution in [3.8, 4) is 5.75 Å². The van der Waals surface area contributed by atoms with Crippen LogP contribution < -0.4 is 5.32 Å². The van der Waals surface area contributed by atoms with Gasteiger partial charge in [0.15, 0.2) is 5.78 Å². The molecule has 0 heterocycles. The molecular formula is C18H15NO3. The predicted octanol–water partition coefficient (Wildman–Crippen LogP) is 3.17. The number of rotatable bonds is 2. The normalized spacial score (nSPS) is 15.0. The number of carbonyl (C=O) groups excluding carboxylic acids is 2. The largest absolute Gasteiger partial charge is 0.508 e. The molecule has 4 nitrogen and oxygen atoms in total. The topological polar surface area (TPSA) is 66.4 Å². The second-order valence-corrected chi connectivity index (χ2v) is 5.28. The Kier molecular flexibility index (Phi) is 3.51.